The highest BCUT2D eigenvalue weighted by Crippen LogP contribution is 2.67. The summed E-state index contributed by atoms with van der Waals surface area (Å²) >= 11 is 6.58. The van der Waals surface area contributed by atoms with E-state index in [4.69, 9.17) is 16.6 Å². The maximum atomic E-state index is 15.4. The quantitative estimate of drug-likeness (QED) is 0.108. The minimum atomic E-state index is -3.82. The number of fused-ring (bicyclic) bond motifs is 4. The van der Waals surface area contributed by atoms with Crippen molar-refractivity contribution in [3.63, 3.8) is 0 Å². The Hall–Kier alpha value is -5.51. The topological polar surface area (TPSA) is 181 Å². The van der Waals surface area contributed by atoms with Gasteiger partial charge in [0, 0.05) is 35.7 Å². The molecule has 2 aliphatic rings. The van der Waals surface area contributed by atoms with Gasteiger partial charge in [0.05, 0.1) is 33.9 Å². The normalized spacial score (nSPS) is 17.5. The summed E-state index contributed by atoms with van der Waals surface area (Å²) in [4.78, 5) is 30.7. The van der Waals surface area contributed by atoms with Gasteiger partial charge in [0.2, 0.25) is 15.9 Å². The van der Waals surface area contributed by atoms with Crippen molar-refractivity contribution in [2.45, 2.75) is 56.7 Å². The summed E-state index contributed by atoms with van der Waals surface area (Å²) in [5.41, 5.74) is -1.60. The summed E-state index contributed by atoms with van der Waals surface area (Å²) in [6, 6.07) is 7.62. The molecule has 0 radical (unpaired) electrons. The Bertz CT molecular complexity index is 2640. The first-order valence-electron chi connectivity index (χ1n) is 17.0. The number of alkyl halides is 2. The Balaban J connectivity index is 1.39. The molecular weight excluding hydrogens is 782 g/mol. The fourth-order valence-corrected chi connectivity index (χ4v) is 7.93. The number of aromatic nitrogens is 5. The van der Waals surface area contributed by atoms with E-state index in [-0.39, 0.29) is 57.1 Å². The van der Waals surface area contributed by atoms with Gasteiger partial charge in [0.1, 0.15) is 35.2 Å². The van der Waals surface area contributed by atoms with Gasteiger partial charge in [-0.3, -0.25) is 18.9 Å². The summed E-state index contributed by atoms with van der Waals surface area (Å²) in [5, 5.41) is 31.4. The van der Waals surface area contributed by atoms with Crippen LogP contribution in [0.5, 0.6) is 0 Å². The number of anilines is 1. The number of carbonyl (C=O) groups is 2. The van der Waals surface area contributed by atoms with Crippen LogP contribution < -0.4 is 10.0 Å². The molecule has 4 N–H and O–H groups in total. The van der Waals surface area contributed by atoms with Gasteiger partial charge in [0.15, 0.2) is 11.5 Å². The van der Waals surface area contributed by atoms with E-state index in [0.717, 1.165) is 18.4 Å². The fourth-order valence-electron chi connectivity index (χ4n) is 7.20. The van der Waals surface area contributed by atoms with Crippen molar-refractivity contribution in [2.75, 3.05) is 11.0 Å². The van der Waals surface area contributed by atoms with Crippen molar-refractivity contribution in [1.82, 2.24) is 29.9 Å². The Kier molecular flexibility index (Phi) is 9.41. The molecule has 292 valence electrons. The molecule has 19 heteroatoms. The number of carbonyl (C=O) groups excluding carboxylic acids is 1. The van der Waals surface area contributed by atoms with Gasteiger partial charge >= 0.3 is 5.97 Å². The van der Waals surface area contributed by atoms with E-state index in [2.05, 4.69) is 32.1 Å². The summed E-state index contributed by atoms with van der Waals surface area (Å²) in [7, 11) is -2.28. The third-order valence-electron chi connectivity index (χ3n) is 9.39. The van der Waals surface area contributed by atoms with Crippen molar-refractivity contribution >= 4 is 50.2 Å². The molecule has 2 aromatic carbocycles. The van der Waals surface area contributed by atoms with Crippen LogP contribution in [-0.4, -0.2) is 66.9 Å². The molecule has 7 rings (SSSR count). The molecule has 3 atom stereocenters. The van der Waals surface area contributed by atoms with Crippen LogP contribution in [-0.2, 0) is 40.8 Å². The maximum Gasteiger partial charge on any atom is 0.356 e. The second-order valence-corrected chi connectivity index (χ2v) is 16.5. The lowest BCUT2D eigenvalue weighted by Crippen LogP contribution is -2.35. The van der Waals surface area contributed by atoms with Crippen LogP contribution in [0.3, 0.4) is 0 Å². The molecule has 0 bridgehead atoms. The fraction of sp³-hybridized carbons (Fsp3) is 0.324. The van der Waals surface area contributed by atoms with Crippen LogP contribution >= 0.6 is 11.6 Å². The van der Waals surface area contributed by atoms with Crippen molar-refractivity contribution in [1.29, 1.82) is 0 Å². The lowest BCUT2D eigenvalue weighted by molar-refractivity contribution is -0.123. The number of carboxylic acids is 1. The largest absolute Gasteiger partial charge is 0.476 e. The van der Waals surface area contributed by atoms with E-state index in [1.54, 1.807) is 12.1 Å². The number of aromatic carboxylic acids is 1. The lowest BCUT2D eigenvalue weighted by Gasteiger charge is -2.23. The number of halogens is 5. The highest BCUT2D eigenvalue weighted by molar-refractivity contribution is 7.92. The van der Waals surface area contributed by atoms with Gasteiger partial charge in [-0.2, -0.15) is 19.0 Å². The molecule has 3 aromatic heterocycles. The molecule has 1 amide bonds. The van der Waals surface area contributed by atoms with Gasteiger partial charge in [0.25, 0.3) is 5.92 Å². The van der Waals surface area contributed by atoms with Gasteiger partial charge in [-0.25, -0.2) is 27.0 Å². The molecule has 1 fully saturated rings. The molecule has 13 nitrogen and oxygen atoms in total. The first-order chi connectivity index (χ1) is 26.1. The minimum Gasteiger partial charge on any atom is -0.476 e. The Morgan fingerprint density at radius 1 is 1.11 bits per heavy atom. The van der Waals surface area contributed by atoms with Gasteiger partial charge in [-0.15, -0.1) is 0 Å². The zero-order chi connectivity index (χ0) is 40.6. The molecule has 0 spiro atoms. The second kappa shape index (κ2) is 13.6. The van der Waals surface area contributed by atoms with Crippen LogP contribution in [0.2, 0.25) is 5.02 Å². The SMILES string of the molecule is Cn1nc(NS(C)(=O)=O)c2c(Cl)ccc(-c3ccc(C#CC(C)(C)O)nc3[C@H](Cc3cc(F)cc(F)c3)NC(=O)Cn3nc(C(=O)O)c4c3C(F)(F)C3CC43)c21. The maximum absolute atomic E-state index is 15.4. The summed E-state index contributed by atoms with van der Waals surface area (Å²) < 4.78 is 88.8. The minimum absolute atomic E-state index is 0.0523. The predicted octanol–water partition coefficient (Wildman–Crippen LogP) is 5.26. The van der Waals surface area contributed by atoms with Crippen LogP contribution in [0.1, 0.15) is 70.9 Å². The molecule has 56 heavy (non-hydrogen) atoms. The second-order valence-electron chi connectivity index (χ2n) is 14.4. The van der Waals surface area contributed by atoms with E-state index in [1.807, 2.05) is 0 Å². The first-order valence-corrected chi connectivity index (χ1v) is 19.2. The van der Waals surface area contributed by atoms with E-state index in [1.165, 1.54) is 37.7 Å². The number of nitrogens with one attached hydrogen (secondary N) is 2. The number of hydrogen-bond donors (Lipinski definition) is 4. The summed E-state index contributed by atoms with van der Waals surface area (Å²) in [6.07, 6.45) is 0.711. The number of rotatable bonds is 10. The average molecular weight is 814 g/mol. The number of aliphatic hydroxyl groups is 1. The third-order valence-corrected chi connectivity index (χ3v) is 10.3. The summed E-state index contributed by atoms with van der Waals surface area (Å²) in [5.74, 6) is -4.18. The third kappa shape index (κ3) is 7.41. The Labute approximate surface area is 321 Å². The number of nitrogens with zero attached hydrogens (tertiary/aromatic N) is 5. The predicted molar refractivity (Wildman–Crippen MR) is 195 cm³/mol. The molecule has 3 heterocycles. The number of carboxylic acid groups (broad SMARTS) is 1. The molecule has 0 aliphatic heterocycles. The van der Waals surface area contributed by atoms with E-state index < -0.39 is 80.9 Å². The highest BCUT2D eigenvalue weighted by Gasteiger charge is 2.67. The molecule has 1 saturated carbocycles. The molecular formula is C37H32ClF4N7O6S. The number of amides is 1. The lowest BCUT2D eigenvalue weighted by atomic mass is 9.93. The van der Waals surface area contributed by atoms with Crippen molar-refractivity contribution < 1.29 is 45.8 Å². The summed E-state index contributed by atoms with van der Waals surface area (Å²) in [6.45, 7) is 2.04. The van der Waals surface area contributed by atoms with E-state index in [0.29, 0.717) is 21.8 Å². The number of pyridine rings is 1. The number of sulfonamides is 1. The zero-order valence-corrected chi connectivity index (χ0v) is 31.5. The van der Waals surface area contributed by atoms with Crippen molar-refractivity contribution in [2.24, 2.45) is 13.0 Å². The molecule has 2 unspecified atom stereocenters. The van der Waals surface area contributed by atoms with Crippen LogP contribution in [0.4, 0.5) is 23.4 Å². The van der Waals surface area contributed by atoms with Crippen LogP contribution in [0, 0.1) is 29.4 Å². The van der Waals surface area contributed by atoms with E-state index >= 15 is 8.78 Å². The average Bonchev–Trinajstić information content (AvgIpc) is 3.62. The molecule has 2 aliphatic carbocycles. The van der Waals surface area contributed by atoms with Gasteiger partial charge < -0.3 is 15.5 Å². The zero-order valence-electron chi connectivity index (χ0n) is 30.0. The number of hydrogen-bond acceptors (Lipinski definition) is 8. The number of benzene rings is 2. The van der Waals surface area contributed by atoms with Crippen molar-refractivity contribution in [3.8, 4) is 23.0 Å². The number of aryl methyl sites for hydroxylation is 1. The van der Waals surface area contributed by atoms with Crippen LogP contribution in [0.15, 0.2) is 42.5 Å². The smallest absolute Gasteiger partial charge is 0.356 e. The first kappa shape index (κ1) is 38.8. The molecule has 5 aromatic rings. The highest BCUT2D eigenvalue weighted by atomic mass is 35.5. The van der Waals surface area contributed by atoms with Crippen molar-refractivity contribution in [3.05, 3.63) is 93.0 Å². The van der Waals surface area contributed by atoms with Gasteiger partial charge in [-0.05, 0) is 74.4 Å². The van der Waals surface area contributed by atoms with Gasteiger partial charge in [-0.1, -0.05) is 23.6 Å². The molecule has 0 saturated heterocycles. The Morgan fingerprint density at radius 3 is 2.43 bits per heavy atom. The monoisotopic (exact) mass is 813 g/mol. The standard InChI is InChI=1S/C37H32ClF4N7O6S/c1-36(2,53)10-9-20-5-6-21(22-7-8-25(38)29-32(22)48(3)46-34(29)47-56(4,54)55)30(43-20)26(13-17-11-18(39)14-19(40)12-17)44-27(50)16-49-33-28(31(45-49)35(51)52)23-15-24(23)37(33,41)42/h5-8,11-12,14,23-24,26,53H,13,15-16H2,1-4H3,(H,44,50)(H,46,47)(H,51,52)/t23?,24?,26-/m0/s1. The van der Waals surface area contributed by atoms with E-state index in [9.17, 15) is 37.0 Å². The van der Waals surface area contributed by atoms with Crippen LogP contribution in [0.25, 0.3) is 22.0 Å². The Morgan fingerprint density at radius 2 is 1.79 bits per heavy atom.